The van der Waals surface area contributed by atoms with Crippen LogP contribution in [0, 0.1) is 0 Å². The molecule has 0 spiro atoms. The summed E-state index contributed by atoms with van der Waals surface area (Å²) in [5.74, 6) is 0.233. The second kappa shape index (κ2) is 12.3. The Morgan fingerprint density at radius 1 is 1.11 bits per heavy atom. The SMILES string of the molecule is COc1cc(C(=O)O[C@H]2[C@@H](OC)OC(CO)[C@@H](O)[C@@H]2O)cc(Cl)c1OCc1cccc(OC(C)(C)C)c1. The first-order valence-electron chi connectivity index (χ1n) is 11.6. The highest BCUT2D eigenvalue weighted by Crippen LogP contribution is 2.38. The van der Waals surface area contributed by atoms with Crippen LogP contribution < -0.4 is 14.2 Å². The van der Waals surface area contributed by atoms with Crippen LogP contribution in [-0.4, -0.2) is 78.4 Å². The lowest BCUT2D eigenvalue weighted by Gasteiger charge is -2.40. The molecule has 1 aliphatic heterocycles. The number of halogens is 1. The van der Waals surface area contributed by atoms with E-state index < -0.39 is 43.3 Å². The normalized spacial score (nSPS) is 23.9. The van der Waals surface area contributed by atoms with Crippen LogP contribution >= 0.6 is 11.6 Å². The Balaban J connectivity index is 1.75. The molecule has 1 unspecified atom stereocenters. The Morgan fingerprint density at radius 3 is 2.46 bits per heavy atom. The molecule has 0 saturated carbocycles. The van der Waals surface area contributed by atoms with E-state index in [1.54, 1.807) is 0 Å². The van der Waals surface area contributed by atoms with Crippen LogP contribution in [0.15, 0.2) is 36.4 Å². The van der Waals surface area contributed by atoms with Gasteiger partial charge in [-0.2, -0.15) is 0 Å². The molecule has 204 valence electrons. The molecule has 10 nitrogen and oxygen atoms in total. The third kappa shape index (κ3) is 7.25. The van der Waals surface area contributed by atoms with Crippen LogP contribution in [0.5, 0.6) is 17.2 Å². The standard InChI is InChI=1S/C26H33ClO10/c1-26(2,3)37-16-8-6-7-14(9-16)13-34-22-17(27)10-15(11-18(22)32-4)24(31)36-23-21(30)20(29)19(12-28)35-25(23)33-5/h6-11,19-21,23,25,28-30H,12-13H2,1-5H3/t19?,20-,21+,23-,25+/m1/s1. The molecule has 2 aromatic carbocycles. The largest absolute Gasteiger partial charge is 0.493 e. The molecule has 0 bridgehead atoms. The fourth-order valence-electron chi connectivity index (χ4n) is 3.75. The van der Waals surface area contributed by atoms with Gasteiger partial charge in [0.2, 0.25) is 0 Å². The summed E-state index contributed by atoms with van der Waals surface area (Å²) in [6.45, 7) is 5.48. The molecule has 5 atom stereocenters. The molecule has 0 aromatic heterocycles. The lowest BCUT2D eigenvalue weighted by molar-refractivity contribution is -0.293. The number of carbonyl (C=O) groups is 1. The van der Waals surface area contributed by atoms with E-state index >= 15 is 0 Å². The highest BCUT2D eigenvalue weighted by Gasteiger charge is 2.47. The van der Waals surface area contributed by atoms with E-state index in [2.05, 4.69) is 0 Å². The quantitative estimate of drug-likeness (QED) is 0.408. The highest BCUT2D eigenvalue weighted by atomic mass is 35.5. The molecular weight excluding hydrogens is 508 g/mol. The second-order valence-corrected chi connectivity index (χ2v) is 9.86. The summed E-state index contributed by atoms with van der Waals surface area (Å²) in [6.07, 6.45) is -6.72. The van der Waals surface area contributed by atoms with Gasteiger partial charge in [-0.3, -0.25) is 0 Å². The summed E-state index contributed by atoms with van der Waals surface area (Å²) in [6, 6.07) is 10.2. The summed E-state index contributed by atoms with van der Waals surface area (Å²) < 4.78 is 33.1. The van der Waals surface area contributed by atoms with Crippen molar-refractivity contribution in [1.29, 1.82) is 0 Å². The number of hydrogen-bond acceptors (Lipinski definition) is 10. The molecule has 1 saturated heterocycles. The van der Waals surface area contributed by atoms with Crippen LogP contribution in [0.3, 0.4) is 0 Å². The molecule has 1 heterocycles. The zero-order valence-electron chi connectivity index (χ0n) is 21.3. The number of rotatable bonds is 9. The smallest absolute Gasteiger partial charge is 0.338 e. The van der Waals surface area contributed by atoms with Crippen LogP contribution in [0.1, 0.15) is 36.7 Å². The van der Waals surface area contributed by atoms with Gasteiger partial charge in [0.1, 0.15) is 36.3 Å². The van der Waals surface area contributed by atoms with Gasteiger partial charge in [-0.25, -0.2) is 4.79 Å². The van der Waals surface area contributed by atoms with Crippen LogP contribution in [0.25, 0.3) is 0 Å². The van der Waals surface area contributed by atoms with Crippen molar-refractivity contribution in [2.24, 2.45) is 0 Å². The van der Waals surface area contributed by atoms with Gasteiger partial charge in [0.05, 0.1) is 24.3 Å². The van der Waals surface area contributed by atoms with E-state index in [4.69, 9.17) is 40.0 Å². The van der Waals surface area contributed by atoms with Gasteiger partial charge in [0, 0.05) is 7.11 Å². The Morgan fingerprint density at radius 2 is 1.84 bits per heavy atom. The van der Waals surface area contributed by atoms with Crippen LogP contribution in [0.4, 0.5) is 0 Å². The number of aliphatic hydroxyl groups is 3. The Labute approximate surface area is 220 Å². The van der Waals surface area contributed by atoms with Gasteiger partial charge in [-0.05, 0) is 50.6 Å². The molecular formula is C26H33ClO10. The minimum Gasteiger partial charge on any atom is -0.493 e. The number of ether oxygens (including phenoxy) is 6. The number of aliphatic hydroxyl groups excluding tert-OH is 3. The fraction of sp³-hybridized carbons (Fsp3) is 0.500. The third-order valence-electron chi connectivity index (χ3n) is 5.47. The number of methoxy groups -OCH3 is 2. The topological polar surface area (TPSA) is 133 Å². The first-order chi connectivity index (χ1) is 17.5. The minimum absolute atomic E-state index is 0.00981. The fourth-order valence-corrected chi connectivity index (χ4v) is 4.01. The Bertz CT molecular complexity index is 1070. The van der Waals surface area contributed by atoms with E-state index in [1.807, 2.05) is 45.0 Å². The number of esters is 1. The third-order valence-corrected chi connectivity index (χ3v) is 5.75. The average molecular weight is 541 g/mol. The number of carbonyl (C=O) groups excluding carboxylic acids is 1. The van der Waals surface area contributed by atoms with Crippen molar-refractivity contribution < 1.29 is 48.5 Å². The molecule has 0 amide bonds. The van der Waals surface area contributed by atoms with E-state index in [1.165, 1.54) is 26.4 Å². The first kappa shape index (κ1) is 29.0. The van der Waals surface area contributed by atoms with Crippen molar-refractivity contribution >= 4 is 17.6 Å². The lowest BCUT2D eigenvalue weighted by atomic mass is 9.99. The van der Waals surface area contributed by atoms with Crippen molar-refractivity contribution in [3.8, 4) is 17.2 Å². The van der Waals surface area contributed by atoms with E-state index in [0.717, 1.165) is 5.56 Å². The monoisotopic (exact) mass is 540 g/mol. The van der Waals surface area contributed by atoms with Crippen LogP contribution in [-0.2, 0) is 20.8 Å². The number of hydrogen-bond donors (Lipinski definition) is 3. The van der Waals surface area contributed by atoms with Crippen molar-refractivity contribution in [2.75, 3.05) is 20.8 Å². The Hall–Kier alpha value is -2.60. The number of benzene rings is 2. The van der Waals surface area contributed by atoms with Crippen molar-refractivity contribution in [2.45, 2.75) is 63.7 Å². The predicted molar refractivity (Wildman–Crippen MR) is 133 cm³/mol. The van der Waals surface area contributed by atoms with E-state index in [9.17, 15) is 20.1 Å². The molecule has 1 fully saturated rings. The maximum Gasteiger partial charge on any atom is 0.338 e. The van der Waals surface area contributed by atoms with Gasteiger partial charge in [-0.15, -0.1) is 0 Å². The van der Waals surface area contributed by atoms with Gasteiger partial charge >= 0.3 is 5.97 Å². The zero-order chi connectivity index (χ0) is 27.3. The van der Waals surface area contributed by atoms with Gasteiger partial charge < -0.3 is 43.7 Å². The maximum atomic E-state index is 12.9. The molecule has 3 rings (SSSR count). The highest BCUT2D eigenvalue weighted by molar-refractivity contribution is 6.32. The first-order valence-corrected chi connectivity index (χ1v) is 12.0. The van der Waals surface area contributed by atoms with Crippen molar-refractivity contribution in [1.82, 2.24) is 0 Å². The van der Waals surface area contributed by atoms with Gasteiger partial charge in [0.25, 0.3) is 0 Å². The summed E-state index contributed by atoms with van der Waals surface area (Å²) in [5.41, 5.74) is 0.494. The van der Waals surface area contributed by atoms with E-state index in [-0.39, 0.29) is 34.3 Å². The average Bonchev–Trinajstić information content (AvgIpc) is 2.85. The lowest BCUT2D eigenvalue weighted by Crippen LogP contribution is -2.60. The Kier molecular flexibility index (Phi) is 9.63. The molecule has 11 heteroatoms. The van der Waals surface area contributed by atoms with Gasteiger partial charge in [0.15, 0.2) is 23.9 Å². The van der Waals surface area contributed by atoms with Crippen molar-refractivity contribution in [3.63, 3.8) is 0 Å². The predicted octanol–water partition coefficient (Wildman–Crippen LogP) is 2.72. The summed E-state index contributed by atoms with van der Waals surface area (Å²) in [4.78, 5) is 12.9. The maximum absolute atomic E-state index is 12.9. The zero-order valence-corrected chi connectivity index (χ0v) is 22.1. The van der Waals surface area contributed by atoms with Crippen molar-refractivity contribution in [3.05, 3.63) is 52.5 Å². The van der Waals surface area contributed by atoms with E-state index in [0.29, 0.717) is 5.75 Å². The van der Waals surface area contributed by atoms with Crippen LogP contribution in [0.2, 0.25) is 5.02 Å². The molecule has 2 aromatic rings. The second-order valence-electron chi connectivity index (χ2n) is 9.45. The summed E-state index contributed by atoms with van der Waals surface area (Å²) in [7, 11) is 2.68. The van der Waals surface area contributed by atoms with Gasteiger partial charge in [-0.1, -0.05) is 23.7 Å². The minimum atomic E-state index is -1.56. The summed E-state index contributed by atoms with van der Waals surface area (Å²) >= 11 is 6.43. The molecule has 37 heavy (non-hydrogen) atoms. The molecule has 1 aliphatic rings. The molecule has 0 radical (unpaired) electrons. The molecule has 0 aliphatic carbocycles. The summed E-state index contributed by atoms with van der Waals surface area (Å²) in [5, 5.41) is 30.0. The molecule has 3 N–H and O–H groups in total.